The number of anilines is 1. The van der Waals surface area contributed by atoms with Gasteiger partial charge in [-0.2, -0.15) is 0 Å². The SMILES string of the molecule is CC[n+]1cccc2oc(/C=C/C=C3/N(CCCCCC(=O)O)c4ccc(S(=O)(=O)[O-])cc4C3(C)C)nc21. The summed E-state index contributed by atoms with van der Waals surface area (Å²) in [5.41, 5.74) is 3.40. The summed E-state index contributed by atoms with van der Waals surface area (Å²) in [6.07, 6.45) is 9.75. The Morgan fingerprint density at radius 2 is 2.03 bits per heavy atom. The zero-order chi connectivity index (χ0) is 26.8. The molecule has 1 aliphatic rings. The number of carboxylic acid groups (broad SMARTS) is 1. The van der Waals surface area contributed by atoms with Crippen molar-refractivity contribution in [2.75, 3.05) is 11.4 Å². The molecule has 3 heterocycles. The van der Waals surface area contributed by atoms with E-state index in [0.717, 1.165) is 42.0 Å². The summed E-state index contributed by atoms with van der Waals surface area (Å²) in [6, 6.07) is 8.26. The van der Waals surface area contributed by atoms with Crippen LogP contribution in [0.15, 0.2) is 63.7 Å². The zero-order valence-electron chi connectivity index (χ0n) is 21.2. The third kappa shape index (κ3) is 5.60. The van der Waals surface area contributed by atoms with Crippen LogP contribution >= 0.6 is 0 Å². The fourth-order valence-corrected chi connectivity index (χ4v) is 5.28. The van der Waals surface area contributed by atoms with Gasteiger partial charge in [-0.25, -0.2) is 13.0 Å². The van der Waals surface area contributed by atoms with Gasteiger partial charge < -0.3 is 19.0 Å². The predicted molar refractivity (Wildman–Crippen MR) is 138 cm³/mol. The molecule has 0 radical (unpaired) electrons. The molecule has 10 heteroatoms. The van der Waals surface area contributed by atoms with Gasteiger partial charge >= 0.3 is 17.5 Å². The molecule has 3 aromatic rings. The number of hydrogen-bond donors (Lipinski definition) is 1. The first kappa shape index (κ1) is 26.6. The quantitative estimate of drug-likeness (QED) is 0.235. The van der Waals surface area contributed by atoms with Gasteiger partial charge in [-0.3, -0.25) is 4.79 Å². The smallest absolute Gasteiger partial charge is 0.370 e. The maximum absolute atomic E-state index is 11.7. The topological polar surface area (TPSA) is 128 Å². The maximum atomic E-state index is 11.7. The van der Waals surface area contributed by atoms with E-state index in [9.17, 15) is 17.8 Å². The molecule has 0 atom stereocenters. The first-order chi connectivity index (χ1) is 17.5. The molecule has 2 aromatic heterocycles. The molecule has 4 rings (SSSR count). The number of allylic oxidation sites excluding steroid dienone is 3. The Morgan fingerprint density at radius 1 is 1.24 bits per heavy atom. The van der Waals surface area contributed by atoms with Crippen LogP contribution in [-0.2, 0) is 26.9 Å². The van der Waals surface area contributed by atoms with E-state index in [-0.39, 0.29) is 11.3 Å². The number of hydrogen-bond acceptors (Lipinski definition) is 7. The van der Waals surface area contributed by atoms with E-state index in [1.807, 2.05) is 55.8 Å². The van der Waals surface area contributed by atoms with E-state index < -0.39 is 21.5 Å². The fourth-order valence-electron chi connectivity index (χ4n) is 4.78. The van der Waals surface area contributed by atoms with Crippen molar-refractivity contribution in [2.24, 2.45) is 0 Å². The molecule has 0 amide bonds. The Morgan fingerprint density at radius 3 is 2.73 bits per heavy atom. The summed E-state index contributed by atoms with van der Waals surface area (Å²) >= 11 is 0. The minimum Gasteiger partial charge on any atom is -0.744 e. The molecule has 1 aromatic carbocycles. The molecular weight excluding hydrogens is 494 g/mol. The second kappa shape index (κ2) is 10.5. The second-order valence-corrected chi connectivity index (χ2v) is 10.9. The molecule has 0 bridgehead atoms. The van der Waals surface area contributed by atoms with Crippen molar-refractivity contribution in [1.29, 1.82) is 0 Å². The van der Waals surface area contributed by atoms with Crippen molar-refractivity contribution in [3.63, 3.8) is 0 Å². The van der Waals surface area contributed by atoms with Crippen LogP contribution in [-0.4, -0.2) is 35.6 Å². The van der Waals surface area contributed by atoms with Gasteiger partial charge in [0.05, 0.1) is 17.6 Å². The van der Waals surface area contributed by atoms with E-state index >= 15 is 0 Å². The molecule has 0 saturated heterocycles. The molecule has 0 saturated carbocycles. The molecule has 1 N–H and O–H groups in total. The normalized spacial score (nSPS) is 16.2. The number of oxazole rings is 1. The van der Waals surface area contributed by atoms with Gasteiger partial charge in [0, 0.05) is 40.8 Å². The number of benzene rings is 1. The third-order valence-corrected chi connectivity index (χ3v) is 7.53. The summed E-state index contributed by atoms with van der Waals surface area (Å²) < 4.78 is 42.9. The molecule has 0 spiro atoms. The number of carbonyl (C=O) groups is 1. The van der Waals surface area contributed by atoms with Crippen LogP contribution in [0.25, 0.3) is 17.3 Å². The summed E-state index contributed by atoms with van der Waals surface area (Å²) in [7, 11) is -4.59. The summed E-state index contributed by atoms with van der Waals surface area (Å²) in [4.78, 5) is 17.3. The van der Waals surface area contributed by atoms with Gasteiger partial charge in [-0.05, 0) is 61.7 Å². The number of rotatable bonds is 10. The van der Waals surface area contributed by atoms with Crippen molar-refractivity contribution >= 4 is 39.1 Å². The van der Waals surface area contributed by atoms with Gasteiger partial charge in [-0.1, -0.05) is 26.3 Å². The average molecular weight is 526 g/mol. The lowest BCUT2D eigenvalue weighted by Gasteiger charge is -2.27. The average Bonchev–Trinajstić information content (AvgIpc) is 3.34. The summed E-state index contributed by atoms with van der Waals surface area (Å²) in [5.74, 6) is -0.345. The molecule has 9 nitrogen and oxygen atoms in total. The minimum atomic E-state index is -4.59. The lowest BCUT2D eigenvalue weighted by Crippen LogP contribution is -2.32. The van der Waals surface area contributed by atoms with Gasteiger partial charge in [0.2, 0.25) is 5.58 Å². The molecule has 0 fully saturated rings. The standard InChI is InChI=1S/C27H31N3O6S/c1-4-29-16-9-10-22-26(29)28-24(36-22)12-8-11-23-27(2,3)20-18-19(37(33,34)35)14-15-21(20)30(23)17-7-5-6-13-25(31)32/h8-12,14-16,18H,4-7,13,17H2,1-3H3,(H-,31,32,33,34,35). The fraction of sp³-hybridized carbons (Fsp3) is 0.370. The second-order valence-electron chi connectivity index (χ2n) is 9.56. The number of aryl methyl sites for hydroxylation is 1. The largest absolute Gasteiger partial charge is 0.744 e. The number of aliphatic carboxylic acids is 1. The highest BCUT2D eigenvalue weighted by Crippen LogP contribution is 2.48. The first-order valence-electron chi connectivity index (χ1n) is 12.3. The number of carboxylic acids is 1. The number of pyridine rings is 1. The van der Waals surface area contributed by atoms with E-state index in [2.05, 4.69) is 9.88 Å². The van der Waals surface area contributed by atoms with Crippen LogP contribution in [0.3, 0.4) is 0 Å². The molecule has 37 heavy (non-hydrogen) atoms. The Balaban J connectivity index is 1.66. The Labute approximate surface area is 216 Å². The van der Waals surface area contributed by atoms with Crippen LogP contribution < -0.4 is 9.47 Å². The first-order valence-corrected chi connectivity index (χ1v) is 13.7. The van der Waals surface area contributed by atoms with Gasteiger partial charge in [-0.15, -0.1) is 0 Å². The maximum Gasteiger partial charge on any atom is 0.370 e. The zero-order valence-corrected chi connectivity index (χ0v) is 22.0. The van der Waals surface area contributed by atoms with E-state index in [4.69, 9.17) is 9.52 Å². The van der Waals surface area contributed by atoms with Crippen LogP contribution in [0.4, 0.5) is 5.69 Å². The molecule has 1 aliphatic heterocycles. The highest BCUT2D eigenvalue weighted by molar-refractivity contribution is 7.85. The highest BCUT2D eigenvalue weighted by atomic mass is 32.2. The number of unbranched alkanes of at least 4 members (excludes halogenated alkanes) is 2. The lowest BCUT2D eigenvalue weighted by molar-refractivity contribution is -0.669. The summed E-state index contributed by atoms with van der Waals surface area (Å²) in [6.45, 7) is 7.40. The highest BCUT2D eigenvalue weighted by Gasteiger charge is 2.40. The van der Waals surface area contributed by atoms with Gasteiger partial charge in [0.15, 0.2) is 0 Å². The van der Waals surface area contributed by atoms with Gasteiger partial charge in [0.1, 0.15) is 10.1 Å². The Hall–Kier alpha value is -3.50. The summed E-state index contributed by atoms with van der Waals surface area (Å²) in [5, 5.41) is 8.91. The van der Waals surface area contributed by atoms with Gasteiger partial charge in [0.25, 0.3) is 0 Å². The van der Waals surface area contributed by atoms with Crippen LogP contribution in [0.5, 0.6) is 0 Å². The van der Waals surface area contributed by atoms with Crippen LogP contribution in [0.2, 0.25) is 0 Å². The Kier molecular flexibility index (Phi) is 7.52. The number of aromatic nitrogens is 2. The third-order valence-electron chi connectivity index (χ3n) is 6.69. The molecule has 0 aliphatic carbocycles. The number of fused-ring (bicyclic) bond motifs is 2. The van der Waals surface area contributed by atoms with E-state index in [1.54, 1.807) is 12.1 Å². The van der Waals surface area contributed by atoms with Crippen LogP contribution in [0.1, 0.15) is 57.9 Å². The van der Waals surface area contributed by atoms with Crippen molar-refractivity contribution in [3.05, 3.63) is 65.8 Å². The predicted octanol–water partition coefficient (Wildman–Crippen LogP) is 4.38. The van der Waals surface area contributed by atoms with Crippen molar-refractivity contribution in [1.82, 2.24) is 4.98 Å². The monoisotopic (exact) mass is 525 g/mol. The van der Waals surface area contributed by atoms with Crippen molar-refractivity contribution in [2.45, 2.75) is 63.3 Å². The molecular formula is C27H31N3O6S. The van der Waals surface area contributed by atoms with E-state index in [1.165, 1.54) is 12.1 Å². The lowest BCUT2D eigenvalue weighted by atomic mass is 9.83. The molecule has 0 unspecified atom stereocenters. The van der Waals surface area contributed by atoms with E-state index in [0.29, 0.717) is 24.4 Å². The Bertz CT molecular complexity index is 1490. The van der Waals surface area contributed by atoms with Crippen LogP contribution in [0, 0.1) is 0 Å². The number of nitrogens with zero attached hydrogens (tertiary/aromatic N) is 3. The molecule has 196 valence electrons. The minimum absolute atomic E-state index is 0.126. The van der Waals surface area contributed by atoms with Crippen molar-refractivity contribution in [3.8, 4) is 0 Å². The van der Waals surface area contributed by atoms with Crippen molar-refractivity contribution < 1.29 is 31.9 Å².